The van der Waals surface area contributed by atoms with Crippen molar-refractivity contribution < 1.29 is 13.2 Å². The lowest BCUT2D eigenvalue weighted by molar-refractivity contribution is -0.131. The summed E-state index contributed by atoms with van der Waals surface area (Å²) in [5, 5.41) is 5.92. The average molecular weight is 397 g/mol. The van der Waals surface area contributed by atoms with E-state index in [-0.39, 0.29) is 10.8 Å². The minimum absolute atomic E-state index is 0.0421. The number of sulfonamides is 1. The molecular formula is C17H24N4O3S2. The first kappa shape index (κ1) is 19.2. The summed E-state index contributed by atoms with van der Waals surface area (Å²) in [6.07, 6.45) is 3.29. The number of nitrogens with two attached hydrogens (primary N) is 1. The van der Waals surface area contributed by atoms with Gasteiger partial charge in [0, 0.05) is 19.1 Å². The molecule has 1 saturated heterocycles. The summed E-state index contributed by atoms with van der Waals surface area (Å²) >= 11 is 1.39. The van der Waals surface area contributed by atoms with Crippen LogP contribution in [-0.4, -0.2) is 47.1 Å². The van der Waals surface area contributed by atoms with Crippen molar-refractivity contribution in [2.45, 2.75) is 55.7 Å². The molecule has 1 aromatic heterocycles. The number of aryl methyl sites for hydroxylation is 1. The summed E-state index contributed by atoms with van der Waals surface area (Å²) in [4.78, 5) is 19.1. The Morgan fingerprint density at radius 2 is 2.15 bits per heavy atom. The van der Waals surface area contributed by atoms with E-state index < -0.39 is 10.0 Å². The van der Waals surface area contributed by atoms with Crippen molar-refractivity contribution in [2.75, 3.05) is 12.3 Å². The van der Waals surface area contributed by atoms with Gasteiger partial charge in [0.2, 0.25) is 15.9 Å². The van der Waals surface area contributed by atoms with Crippen LogP contribution in [0.3, 0.4) is 0 Å². The van der Waals surface area contributed by atoms with E-state index in [0.29, 0.717) is 29.0 Å². The van der Waals surface area contributed by atoms with E-state index in [9.17, 15) is 13.2 Å². The van der Waals surface area contributed by atoms with Crippen LogP contribution in [-0.2, 0) is 21.4 Å². The van der Waals surface area contributed by atoms with E-state index >= 15 is 0 Å². The number of likely N-dealkylation sites (tertiary alicyclic amines) is 1. The Hall–Kier alpha value is -1.58. The number of rotatable bonds is 5. The molecule has 1 aliphatic heterocycles. The first-order valence-electron chi connectivity index (χ1n) is 8.76. The number of carbonyl (C=O) groups excluding carboxylic acids is 1. The number of carbonyl (C=O) groups is 1. The van der Waals surface area contributed by atoms with Gasteiger partial charge in [-0.15, -0.1) is 0 Å². The molecule has 0 aliphatic carbocycles. The maximum absolute atomic E-state index is 12.6. The van der Waals surface area contributed by atoms with Crippen molar-refractivity contribution >= 4 is 38.7 Å². The average Bonchev–Trinajstić information content (AvgIpc) is 2.96. The lowest BCUT2D eigenvalue weighted by atomic mass is 10.0. The van der Waals surface area contributed by atoms with Crippen LogP contribution in [0, 0.1) is 0 Å². The SMILES string of the molecule is CCn1c(SCC(=O)N2CCCCC2C)nc2cc(S(N)(=O)=O)ccc21. The first-order chi connectivity index (χ1) is 12.3. The molecule has 0 saturated carbocycles. The Balaban J connectivity index is 1.82. The van der Waals surface area contributed by atoms with Crippen LogP contribution in [0.1, 0.15) is 33.1 Å². The molecule has 1 unspecified atom stereocenters. The second-order valence-corrected chi connectivity index (χ2v) is 9.06. The van der Waals surface area contributed by atoms with Crippen LogP contribution in [0.15, 0.2) is 28.3 Å². The lowest BCUT2D eigenvalue weighted by Crippen LogP contribution is -2.42. The van der Waals surface area contributed by atoms with Crippen LogP contribution < -0.4 is 5.14 Å². The fraction of sp³-hybridized carbons (Fsp3) is 0.529. The fourth-order valence-corrected chi connectivity index (χ4v) is 4.86. The molecule has 1 amide bonds. The molecule has 9 heteroatoms. The summed E-state index contributed by atoms with van der Waals surface area (Å²) < 4.78 is 25.1. The number of primary sulfonamides is 1. The van der Waals surface area contributed by atoms with Crippen LogP contribution in [0.2, 0.25) is 0 Å². The summed E-state index contributed by atoms with van der Waals surface area (Å²) in [5.41, 5.74) is 1.40. The summed E-state index contributed by atoms with van der Waals surface area (Å²) in [6.45, 7) is 5.59. The molecule has 0 radical (unpaired) electrons. The molecule has 1 aliphatic rings. The van der Waals surface area contributed by atoms with Crippen LogP contribution in [0.25, 0.3) is 11.0 Å². The van der Waals surface area contributed by atoms with Crippen molar-refractivity contribution in [1.82, 2.24) is 14.5 Å². The summed E-state index contributed by atoms with van der Waals surface area (Å²) in [7, 11) is -3.77. The zero-order chi connectivity index (χ0) is 18.9. The van der Waals surface area contributed by atoms with Gasteiger partial charge in [-0.1, -0.05) is 11.8 Å². The smallest absolute Gasteiger partial charge is 0.238 e. The zero-order valence-electron chi connectivity index (χ0n) is 15.0. The molecule has 142 valence electrons. The quantitative estimate of drug-likeness (QED) is 0.781. The van der Waals surface area contributed by atoms with Crippen molar-refractivity contribution in [3.8, 4) is 0 Å². The van der Waals surface area contributed by atoms with Gasteiger partial charge in [0.05, 0.1) is 21.7 Å². The molecule has 0 bridgehead atoms. The number of piperidine rings is 1. The topological polar surface area (TPSA) is 98.3 Å². The number of amides is 1. The Bertz CT molecular complexity index is 923. The maximum Gasteiger partial charge on any atom is 0.238 e. The minimum atomic E-state index is -3.77. The predicted octanol–water partition coefficient (Wildman–Crippen LogP) is 2.20. The van der Waals surface area contributed by atoms with Gasteiger partial charge in [0.15, 0.2) is 5.16 Å². The van der Waals surface area contributed by atoms with Gasteiger partial charge in [-0.25, -0.2) is 18.5 Å². The van der Waals surface area contributed by atoms with Crippen molar-refractivity contribution in [1.29, 1.82) is 0 Å². The lowest BCUT2D eigenvalue weighted by Gasteiger charge is -2.33. The molecule has 7 nitrogen and oxygen atoms in total. The number of nitrogens with zero attached hydrogens (tertiary/aromatic N) is 3. The van der Waals surface area contributed by atoms with Gasteiger partial charge in [0.1, 0.15) is 0 Å². The Morgan fingerprint density at radius 1 is 1.38 bits per heavy atom. The van der Waals surface area contributed by atoms with E-state index in [4.69, 9.17) is 5.14 Å². The summed E-state index contributed by atoms with van der Waals surface area (Å²) in [6, 6.07) is 4.97. The monoisotopic (exact) mass is 396 g/mol. The molecule has 1 aromatic carbocycles. The molecule has 1 fully saturated rings. The molecule has 2 heterocycles. The van der Waals surface area contributed by atoms with Gasteiger partial charge in [-0.2, -0.15) is 0 Å². The summed E-state index contributed by atoms with van der Waals surface area (Å²) in [5.74, 6) is 0.456. The molecule has 26 heavy (non-hydrogen) atoms. The van der Waals surface area contributed by atoms with E-state index in [0.717, 1.165) is 24.9 Å². The number of hydrogen-bond acceptors (Lipinski definition) is 5. The second kappa shape index (κ2) is 7.58. The van der Waals surface area contributed by atoms with Crippen LogP contribution >= 0.6 is 11.8 Å². The molecule has 1 atom stereocenters. The fourth-order valence-electron chi connectivity index (χ4n) is 3.36. The van der Waals surface area contributed by atoms with Gasteiger partial charge < -0.3 is 9.47 Å². The number of fused-ring (bicyclic) bond motifs is 1. The highest BCUT2D eigenvalue weighted by atomic mass is 32.2. The zero-order valence-corrected chi connectivity index (χ0v) is 16.6. The highest BCUT2D eigenvalue weighted by Gasteiger charge is 2.24. The third-order valence-electron chi connectivity index (χ3n) is 4.78. The second-order valence-electron chi connectivity index (χ2n) is 6.55. The van der Waals surface area contributed by atoms with Gasteiger partial charge in [0.25, 0.3) is 0 Å². The van der Waals surface area contributed by atoms with E-state index in [1.54, 1.807) is 6.07 Å². The van der Waals surface area contributed by atoms with E-state index in [1.807, 2.05) is 16.4 Å². The largest absolute Gasteiger partial charge is 0.339 e. The van der Waals surface area contributed by atoms with E-state index in [1.165, 1.54) is 30.3 Å². The Kier molecular flexibility index (Phi) is 5.59. The number of hydrogen-bond donors (Lipinski definition) is 1. The van der Waals surface area contributed by atoms with Gasteiger partial charge in [-0.3, -0.25) is 4.79 Å². The maximum atomic E-state index is 12.6. The molecule has 3 rings (SSSR count). The van der Waals surface area contributed by atoms with Crippen molar-refractivity contribution in [2.24, 2.45) is 5.14 Å². The Morgan fingerprint density at radius 3 is 2.81 bits per heavy atom. The van der Waals surface area contributed by atoms with Crippen LogP contribution in [0.5, 0.6) is 0 Å². The third-order valence-corrected chi connectivity index (χ3v) is 6.65. The Labute approximate surface area is 158 Å². The van der Waals surface area contributed by atoms with Gasteiger partial charge in [-0.05, 0) is 51.3 Å². The first-order valence-corrected chi connectivity index (χ1v) is 11.3. The minimum Gasteiger partial charge on any atom is -0.339 e. The highest BCUT2D eigenvalue weighted by molar-refractivity contribution is 7.99. The standard InChI is InChI=1S/C17H24N4O3S2/c1-3-20-15-8-7-13(26(18,23)24)10-14(15)19-17(20)25-11-16(22)21-9-5-4-6-12(21)2/h7-8,10,12H,3-6,9,11H2,1-2H3,(H2,18,23,24). The predicted molar refractivity (Wildman–Crippen MR) is 103 cm³/mol. The number of benzene rings is 1. The molecule has 2 aromatic rings. The number of thioether (sulfide) groups is 1. The van der Waals surface area contributed by atoms with Crippen molar-refractivity contribution in [3.63, 3.8) is 0 Å². The van der Waals surface area contributed by atoms with Gasteiger partial charge >= 0.3 is 0 Å². The molecule has 0 spiro atoms. The van der Waals surface area contributed by atoms with Crippen molar-refractivity contribution in [3.05, 3.63) is 18.2 Å². The molecular weight excluding hydrogens is 372 g/mol. The number of imidazole rings is 1. The van der Waals surface area contributed by atoms with Crippen LogP contribution in [0.4, 0.5) is 0 Å². The normalized spacial score (nSPS) is 18.4. The molecule has 2 N–H and O–H groups in total. The third kappa shape index (κ3) is 3.89. The van der Waals surface area contributed by atoms with E-state index in [2.05, 4.69) is 11.9 Å². The highest BCUT2D eigenvalue weighted by Crippen LogP contribution is 2.27. The number of aromatic nitrogens is 2.